The Balaban J connectivity index is 1.41. The highest BCUT2D eigenvalue weighted by atomic mass is 16.5. The van der Waals surface area contributed by atoms with Crippen LogP contribution in [0, 0.1) is 6.92 Å². The van der Waals surface area contributed by atoms with Gasteiger partial charge in [0, 0.05) is 29.2 Å². The summed E-state index contributed by atoms with van der Waals surface area (Å²) in [6, 6.07) is 16.5. The molecule has 0 radical (unpaired) electrons. The maximum absolute atomic E-state index is 5.34. The molecule has 0 aliphatic rings. The third kappa shape index (κ3) is 4.77. The molecule has 0 aliphatic carbocycles. The van der Waals surface area contributed by atoms with Crippen molar-refractivity contribution < 1.29 is 4.74 Å². The van der Waals surface area contributed by atoms with Crippen molar-refractivity contribution in [1.29, 1.82) is 0 Å². The fourth-order valence-corrected chi connectivity index (χ4v) is 3.77. The molecule has 2 aromatic heterocycles. The van der Waals surface area contributed by atoms with E-state index in [9.17, 15) is 0 Å². The molecular formula is C26H28N4O. The van der Waals surface area contributed by atoms with Crippen LogP contribution in [0.3, 0.4) is 0 Å². The van der Waals surface area contributed by atoms with Crippen molar-refractivity contribution in [3.05, 3.63) is 83.4 Å². The first-order valence-electron chi connectivity index (χ1n) is 10.6. The highest BCUT2D eigenvalue weighted by molar-refractivity contribution is 5.83. The Hall–Kier alpha value is -3.60. The summed E-state index contributed by atoms with van der Waals surface area (Å²) in [7, 11) is 1.68. The number of anilines is 1. The number of fused-ring (bicyclic) bond motifs is 1. The highest BCUT2D eigenvalue weighted by Crippen LogP contribution is 2.24. The number of aryl methyl sites for hydroxylation is 1. The van der Waals surface area contributed by atoms with Gasteiger partial charge in [0.25, 0.3) is 0 Å². The van der Waals surface area contributed by atoms with Gasteiger partial charge in [0.05, 0.1) is 12.8 Å². The second-order valence-electron chi connectivity index (χ2n) is 7.68. The number of H-pyrrole nitrogens is 1. The number of nitrogens with one attached hydrogen (secondary N) is 2. The number of nitrogens with zero attached hydrogens (tertiary/aromatic N) is 2. The van der Waals surface area contributed by atoms with Crippen molar-refractivity contribution in [2.75, 3.05) is 19.0 Å². The Morgan fingerprint density at radius 1 is 1.13 bits per heavy atom. The molecule has 2 aromatic carbocycles. The molecule has 0 unspecified atom stereocenters. The number of allylic oxidation sites excluding steroid dienone is 1. The molecule has 4 rings (SSSR count). The Kier molecular flexibility index (Phi) is 6.32. The summed E-state index contributed by atoms with van der Waals surface area (Å²) in [6.45, 7) is 5.01. The first-order valence-corrected chi connectivity index (χ1v) is 10.6. The van der Waals surface area contributed by atoms with Gasteiger partial charge in [-0.1, -0.05) is 30.3 Å². The van der Waals surface area contributed by atoms with Gasteiger partial charge in [-0.15, -0.1) is 0 Å². The number of hydrogen-bond donors (Lipinski definition) is 2. The minimum atomic E-state index is 0.849. The first-order chi connectivity index (χ1) is 15.2. The second-order valence-corrected chi connectivity index (χ2v) is 7.68. The molecular weight excluding hydrogens is 384 g/mol. The van der Waals surface area contributed by atoms with Crippen molar-refractivity contribution in [1.82, 2.24) is 15.0 Å². The Morgan fingerprint density at radius 3 is 2.87 bits per heavy atom. The van der Waals surface area contributed by atoms with Crippen LogP contribution in [0.15, 0.2) is 61.1 Å². The van der Waals surface area contributed by atoms with Crippen LogP contribution in [0.2, 0.25) is 0 Å². The van der Waals surface area contributed by atoms with E-state index < -0.39 is 0 Å². The third-order valence-electron chi connectivity index (χ3n) is 5.59. The standard InChI is InChI=1S/C26H28N4O/c1-18(20-8-6-10-22(15-20)31-3)14-25-19(2)26(30-17-29-25)27-13-7-9-21-16-28-24-12-5-4-11-23(21)24/h4-6,8,10-12,14-17,28H,7,9,13H2,1-3H3,(H,27,29,30)/b18-14+. The van der Waals surface area contributed by atoms with Gasteiger partial charge in [-0.3, -0.25) is 0 Å². The van der Waals surface area contributed by atoms with Gasteiger partial charge >= 0.3 is 0 Å². The van der Waals surface area contributed by atoms with Gasteiger partial charge < -0.3 is 15.0 Å². The lowest BCUT2D eigenvalue weighted by Crippen LogP contribution is -2.07. The van der Waals surface area contributed by atoms with Gasteiger partial charge in [0.15, 0.2) is 0 Å². The topological polar surface area (TPSA) is 62.8 Å². The molecule has 0 saturated carbocycles. The van der Waals surface area contributed by atoms with Crippen LogP contribution in [0.25, 0.3) is 22.6 Å². The van der Waals surface area contributed by atoms with E-state index in [1.807, 2.05) is 18.2 Å². The minimum absolute atomic E-state index is 0.849. The molecule has 2 heterocycles. The summed E-state index contributed by atoms with van der Waals surface area (Å²) in [6.07, 6.45) is 7.88. The number of ether oxygens (including phenoxy) is 1. The average Bonchev–Trinajstić information content (AvgIpc) is 3.22. The smallest absolute Gasteiger partial charge is 0.132 e. The Bertz CT molecular complexity index is 1210. The zero-order valence-corrected chi connectivity index (χ0v) is 18.3. The molecule has 158 valence electrons. The van der Waals surface area contributed by atoms with Crippen molar-refractivity contribution in [2.24, 2.45) is 0 Å². The maximum Gasteiger partial charge on any atom is 0.132 e. The molecule has 0 fully saturated rings. The third-order valence-corrected chi connectivity index (χ3v) is 5.59. The molecule has 0 saturated heterocycles. The van der Waals surface area contributed by atoms with E-state index in [1.54, 1.807) is 13.4 Å². The van der Waals surface area contributed by atoms with E-state index in [0.29, 0.717) is 0 Å². The number of aromatic amines is 1. The van der Waals surface area contributed by atoms with E-state index in [-0.39, 0.29) is 0 Å². The summed E-state index contributed by atoms with van der Waals surface area (Å²) in [5.41, 5.74) is 6.78. The van der Waals surface area contributed by atoms with Gasteiger partial charge in [0.2, 0.25) is 0 Å². The van der Waals surface area contributed by atoms with Crippen molar-refractivity contribution >= 4 is 28.4 Å². The highest BCUT2D eigenvalue weighted by Gasteiger charge is 2.07. The SMILES string of the molecule is COc1cccc(/C(C)=C/c2ncnc(NCCCc3c[nH]c4ccccc34)c2C)c1. The summed E-state index contributed by atoms with van der Waals surface area (Å²) in [5, 5.41) is 4.79. The lowest BCUT2D eigenvalue weighted by molar-refractivity contribution is 0.414. The maximum atomic E-state index is 5.34. The van der Waals surface area contributed by atoms with Crippen LogP contribution in [-0.2, 0) is 6.42 Å². The number of rotatable bonds is 8. The summed E-state index contributed by atoms with van der Waals surface area (Å²) in [5.74, 6) is 1.74. The number of aromatic nitrogens is 3. The molecule has 0 atom stereocenters. The first kappa shape index (κ1) is 20.7. The van der Waals surface area contributed by atoms with Crippen LogP contribution in [0.1, 0.15) is 35.7 Å². The van der Waals surface area contributed by atoms with Crippen molar-refractivity contribution in [3.63, 3.8) is 0 Å². The summed E-state index contributed by atoms with van der Waals surface area (Å²) < 4.78 is 5.34. The monoisotopic (exact) mass is 412 g/mol. The lowest BCUT2D eigenvalue weighted by atomic mass is 10.0. The zero-order chi connectivity index (χ0) is 21.6. The predicted molar refractivity (Wildman–Crippen MR) is 128 cm³/mol. The molecule has 5 nitrogen and oxygen atoms in total. The van der Waals surface area contributed by atoms with E-state index in [0.717, 1.165) is 53.3 Å². The van der Waals surface area contributed by atoms with Gasteiger partial charge in [-0.05, 0) is 67.7 Å². The normalized spacial score (nSPS) is 11.6. The average molecular weight is 413 g/mol. The van der Waals surface area contributed by atoms with E-state index in [2.05, 4.69) is 76.7 Å². The second kappa shape index (κ2) is 9.47. The molecule has 0 aliphatic heterocycles. The van der Waals surface area contributed by atoms with Crippen LogP contribution in [-0.4, -0.2) is 28.6 Å². The van der Waals surface area contributed by atoms with Crippen LogP contribution in [0.5, 0.6) is 5.75 Å². The van der Waals surface area contributed by atoms with E-state index in [4.69, 9.17) is 4.74 Å². The van der Waals surface area contributed by atoms with Gasteiger partial charge in [-0.25, -0.2) is 9.97 Å². The fourth-order valence-electron chi connectivity index (χ4n) is 3.77. The molecule has 31 heavy (non-hydrogen) atoms. The molecule has 0 bridgehead atoms. The largest absolute Gasteiger partial charge is 0.497 e. The van der Waals surface area contributed by atoms with Crippen molar-refractivity contribution in [2.45, 2.75) is 26.7 Å². The van der Waals surface area contributed by atoms with Crippen LogP contribution < -0.4 is 10.1 Å². The predicted octanol–water partition coefficient (Wildman–Crippen LogP) is 5.88. The van der Waals surface area contributed by atoms with E-state index >= 15 is 0 Å². The molecule has 2 N–H and O–H groups in total. The molecule has 0 spiro atoms. The summed E-state index contributed by atoms with van der Waals surface area (Å²) in [4.78, 5) is 12.3. The quantitative estimate of drug-likeness (QED) is 0.355. The van der Waals surface area contributed by atoms with Gasteiger partial charge in [-0.2, -0.15) is 0 Å². The molecule has 5 heteroatoms. The van der Waals surface area contributed by atoms with E-state index in [1.165, 1.54) is 16.5 Å². The molecule has 0 amide bonds. The molecule has 4 aromatic rings. The van der Waals surface area contributed by atoms with Gasteiger partial charge in [0.1, 0.15) is 17.9 Å². The Morgan fingerprint density at radius 2 is 2.00 bits per heavy atom. The Labute approximate surface area is 183 Å². The number of hydrogen-bond acceptors (Lipinski definition) is 4. The van der Waals surface area contributed by atoms with Crippen LogP contribution >= 0.6 is 0 Å². The number of benzene rings is 2. The number of para-hydroxylation sites is 1. The summed E-state index contributed by atoms with van der Waals surface area (Å²) >= 11 is 0. The zero-order valence-electron chi connectivity index (χ0n) is 18.3. The van der Waals surface area contributed by atoms with Crippen LogP contribution in [0.4, 0.5) is 5.82 Å². The number of methoxy groups -OCH3 is 1. The lowest BCUT2D eigenvalue weighted by Gasteiger charge is -2.11. The van der Waals surface area contributed by atoms with Crippen molar-refractivity contribution in [3.8, 4) is 5.75 Å². The fraction of sp³-hybridized carbons (Fsp3) is 0.231. The minimum Gasteiger partial charge on any atom is -0.497 e.